The van der Waals surface area contributed by atoms with E-state index in [1.165, 1.54) is 6.42 Å². The summed E-state index contributed by atoms with van der Waals surface area (Å²) < 4.78 is 5.39. The highest BCUT2D eigenvalue weighted by molar-refractivity contribution is 5.77. The molecule has 1 amide bonds. The quantitative estimate of drug-likeness (QED) is 0.828. The Morgan fingerprint density at radius 3 is 2.72 bits per heavy atom. The molecule has 104 valence electrons. The fourth-order valence-corrected chi connectivity index (χ4v) is 2.74. The van der Waals surface area contributed by atoms with E-state index in [1.807, 2.05) is 4.90 Å². The molecule has 18 heavy (non-hydrogen) atoms. The molecule has 0 spiro atoms. The lowest BCUT2D eigenvalue weighted by molar-refractivity contribution is -0.134. The van der Waals surface area contributed by atoms with Crippen LogP contribution in [0.5, 0.6) is 0 Å². The predicted octanol–water partition coefficient (Wildman–Crippen LogP) is 1.40. The molecule has 0 aromatic rings. The number of rotatable bonds is 3. The van der Waals surface area contributed by atoms with E-state index in [0.29, 0.717) is 18.4 Å². The maximum Gasteiger partial charge on any atom is 0.224 e. The summed E-state index contributed by atoms with van der Waals surface area (Å²) in [6.07, 6.45) is 4.09. The van der Waals surface area contributed by atoms with Gasteiger partial charge in [-0.05, 0) is 18.3 Å². The summed E-state index contributed by atoms with van der Waals surface area (Å²) >= 11 is 0. The van der Waals surface area contributed by atoms with Gasteiger partial charge >= 0.3 is 0 Å². The average molecular weight is 254 g/mol. The molecule has 2 aliphatic heterocycles. The van der Waals surface area contributed by atoms with Gasteiger partial charge in [-0.25, -0.2) is 0 Å². The number of amides is 1. The van der Waals surface area contributed by atoms with E-state index >= 15 is 0 Å². The van der Waals surface area contributed by atoms with Crippen molar-refractivity contribution in [3.05, 3.63) is 0 Å². The highest BCUT2D eigenvalue weighted by Gasteiger charge is 2.31. The van der Waals surface area contributed by atoms with Gasteiger partial charge in [0, 0.05) is 32.1 Å². The van der Waals surface area contributed by atoms with Gasteiger partial charge in [0.2, 0.25) is 5.91 Å². The number of hydrogen-bond donors (Lipinski definition) is 1. The third-order valence-electron chi connectivity index (χ3n) is 4.60. The summed E-state index contributed by atoms with van der Waals surface area (Å²) in [5.41, 5.74) is 0.447. The largest absolute Gasteiger partial charge is 0.378 e. The molecule has 0 saturated carbocycles. The van der Waals surface area contributed by atoms with Crippen LogP contribution < -0.4 is 5.32 Å². The van der Waals surface area contributed by atoms with E-state index in [1.54, 1.807) is 0 Å². The highest BCUT2D eigenvalue weighted by Crippen LogP contribution is 2.34. The van der Waals surface area contributed by atoms with Crippen molar-refractivity contribution in [3.8, 4) is 0 Å². The number of carbonyl (C=O) groups is 1. The fourth-order valence-electron chi connectivity index (χ4n) is 2.74. The second-order valence-electron chi connectivity index (χ2n) is 5.98. The minimum absolute atomic E-state index is 0.214. The number of carbonyl (C=O) groups excluding carboxylic acids is 1. The first-order valence-corrected chi connectivity index (χ1v) is 7.22. The SMILES string of the molecule is CCC1(C)CCN(C(=O)CC2COCCN2)CC1. The fraction of sp³-hybridized carbons (Fsp3) is 0.929. The lowest BCUT2D eigenvalue weighted by atomic mass is 9.78. The Morgan fingerprint density at radius 1 is 1.44 bits per heavy atom. The number of piperidine rings is 1. The van der Waals surface area contributed by atoms with Gasteiger partial charge in [0.15, 0.2) is 0 Å². The predicted molar refractivity (Wildman–Crippen MR) is 71.4 cm³/mol. The molecule has 0 aliphatic carbocycles. The summed E-state index contributed by atoms with van der Waals surface area (Å²) in [5.74, 6) is 0.288. The Bertz CT molecular complexity index is 280. The van der Waals surface area contributed by atoms with Crippen LogP contribution in [0.25, 0.3) is 0 Å². The molecule has 2 rings (SSSR count). The summed E-state index contributed by atoms with van der Waals surface area (Å²) in [5, 5.41) is 3.34. The van der Waals surface area contributed by atoms with Crippen LogP contribution in [0.15, 0.2) is 0 Å². The lowest BCUT2D eigenvalue weighted by Gasteiger charge is -2.39. The van der Waals surface area contributed by atoms with Crippen molar-refractivity contribution in [1.82, 2.24) is 10.2 Å². The van der Waals surface area contributed by atoms with Crippen molar-refractivity contribution in [2.45, 2.75) is 45.6 Å². The highest BCUT2D eigenvalue weighted by atomic mass is 16.5. The van der Waals surface area contributed by atoms with E-state index in [9.17, 15) is 4.79 Å². The number of nitrogens with zero attached hydrogens (tertiary/aromatic N) is 1. The standard InChI is InChI=1S/C14H26N2O2/c1-3-14(2)4-7-16(8-5-14)13(17)10-12-11-18-9-6-15-12/h12,15H,3-11H2,1-2H3. The van der Waals surface area contributed by atoms with Crippen LogP contribution >= 0.6 is 0 Å². The van der Waals surface area contributed by atoms with Crippen LogP contribution in [0.3, 0.4) is 0 Å². The van der Waals surface area contributed by atoms with Gasteiger partial charge < -0.3 is 15.0 Å². The molecule has 0 aromatic carbocycles. The molecular weight excluding hydrogens is 228 g/mol. The van der Waals surface area contributed by atoms with E-state index in [2.05, 4.69) is 19.2 Å². The maximum absolute atomic E-state index is 12.2. The second-order valence-corrected chi connectivity index (χ2v) is 5.98. The zero-order valence-corrected chi connectivity index (χ0v) is 11.7. The van der Waals surface area contributed by atoms with Crippen LogP contribution in [-0.4, -0.2) is 49.7 Å². The van der Waals surface area contributed by atoms with E-state index < -0.39 is 0 Å². The smallest absolute Gasteiger partial charge is 0.224 e. The summed E-state index contributed by atoms with van der Waals surface area (Å²) in [7, 11) is 0. The Morgan fingerprint density at radius 2 is 2.17 bits per heavy atom. The zero-order valence-electron chi connectivity index (χ0n) is 11.7. The molecule has 0 radical (unpaired) electrons. The monoisotopic (exact) mass is 254 g/mol. The van der Waals surface area contributed by atoms with Gasteiger partial charge in [-0.2, -0.15) is 0 Å². The lowest BCUT2D eigenvalue weighted by Crippen LogP contribution is -2.47. The van der Waals surface area contributed by atoms with Gasteiger partial charge in [-0.1, -0.05) is 20.3 Å². The van der Waals surface area contributed by atoms with Gasteiger partial charge in [-0.15, -0.1) is 0 Å². The number of morpholine rings is 1. The topological polar surface area (TPSA) is 41.6 Å². The minimum atomic E-state index is 0.214. The van der Waals surface area contributed by atoms with Gasteiger partial charge in [-0.3, -0.25) is 4.79 Å². The molecule has 2 fully saturated rings. The van der Waals surface area contributed by atoms with E-state index in [-0.39, 0.29) is 11.9 Å². The Balaban J connectivity index is 1.76. The molecule has 1 unspecified atom stereocenters. The van der Waals surface area contributed by atoms with Crippen LogP contribution in [0.1, 0.15) is 39.5 Å². The van der Waals surface area contributed by atoms with Crippen molar-refractivity contribution < 1.29 is 9.53 Å². The number of ether oxygens (including phenoxy) is 1. The number of likely N-dealkylation sites (tertiary alicyclic amines) is 1. The second kappa shape index (κ2) is 6.02. The molecule has 0 bridgehead atoms. The summed E-state index contributed by atoms with van der Waals surface area (Å²) in [6, 6.07) is 0.214. The molecule has 0 aromatic heterocycles. The van der Waals surface area contributed by atoms with Crippen molar-refractivity contribution in [2.24, 2.45) is 5.41 Å². The first-order chi connectivity index (χ1) is 8.63. The molecule has 2 aliphatic rings. The molecule has 4 heteroatoms. The minimum Gasteiger partial charge on any atom is -0.378 e. The van der Waals surface area contributed by atoms with Crippen molar-refractivity contribution in [3.63, 3.8) is 0 Å². The van der Waals surface area contributed by atoms with Crippen molar-refractivity contribution >= 4 is 5.91 Å². The Hall–Kier alpha value is -0.610. The van der Waals surface area contributed by atoms with Crippen LogP contribution in [0, 0.1) is 5.41 Å². The van der Waals surface area contributed by atoms with Crippen LogP contribution in [-0.2, 0) is 9.53 Å². The normalized spacial score (nSPS) is 28.1. The van der Waals surface area contributed by atoms with Crippen molar-refractivity contribution in [1.29, 1.82) is 0 Å². The van der Waals surface area contributed by atoms with Crippen LogP contribution in [0.2, 0.25) is 0 Å². The Labute approximate surface area is 110 Å². The molecule has 1 atom stereocenters. The first kappa shape index (κ1) is 13.8. The molecule has 2 heterocycles. The Kier molecular flexibility index (Phi) is 4.62. The first-order valence-electron chi connectivity index (χ1n) is 7.22. The van der Waals surface area contributed by atoms with E-state index in [4.69, 9.17) is 4.74 Å². The van der Waals surface area contributed by atoms with Gasteiger partial charge in [0.25, 0.3) is 0 Å². The van der Waals surface area contributed by atoms with Crippen molar-refractivity contribution in [2.75, 3.05) is 32.8 Å². The molecule has 2 saturated heterocycles. The molecule has 1 N–H and O–H groups in total. The third-order valence-corrected chi connectivity index (χ3v) is 4.60. The van der Waals surface area contributed by atoms with E-state index in [0.717, 1.165) is 39.1 Å². The number of hydrogen-bond acceptors (Lipinski definition) is 3. The van der Waals surface area contributed by atoms with Crippen LogP contribution in [0.4, 0.5) is 0 Å². The third kappa shape index (κ3) is 3.45. The van der Waals surface area contributed by atoms with Gasteiger partial charge in [0.05, 0.1) is 13.2 Å². The molecular formula is C14H26N2O2. The maximum atomic E-state index is 12.2. The average Bonchev–Trinajstić information content (AvgIpc) is 2.40. The summed E-state index contributed by atoms with van der Waals surface area (Å²) in [6.45, 7) is 8.75. The molecule has 4 nitrogen and oxygen atoms in total. The number of nitrogens with one attached hydrogen (secondary N) is 1. The summed E-state index contributed by atoms with van der Waals surface area (Å²) in [4.78, 5) is 14.2. The van der Waals surface area contributed by atoms with Gasteiger partial charge in [0.1, 0.15) is 0 Å². The zero-order chi connectivity index (χ0) is 13.0.